The van der Waals surface area contributed by atoms with Crippen LogP contribution in [0, 0.1) is 5.82 Å². The maximum atomic E-state index is 13.2. The number of benzene rings is 2. The van der Waals surface area contributed by atoms with Crippen LogP contribution in [-0.4, -0.2) is 17.3 Å². The molecule has 0 bridgehead atoms. The first kappa shape index (κ1) is 20.9. The third-order valence-electron chi connectivity index (χ3n) is 3.61. The first-order chi connectivity index (χ1) is 14.3. The van der Waals surface area contributed by atoms with E-state index >= 15 is 0 Å². The van der Waals surface area contributed by atoms with Gasteiger partial charge in [-0.1, -0.05) is 12.1 Å². The fraction of sp³-hybridized carbons (Fsp3) is 0.100. The molecule has 0 saturated carbocycles. The maximum absolute atomic E-state index is 13.2. The SMILES string of the molecule is NC(=NCc1ccc(Oc2cccc(F)c2)nc1)Nc1ccc(OC(F)(F)F)cc1. The van der Waals surface area contributed by atoms with Crippen molar-refractivity contribution in [1.82, 2.24) is 4.98 Å². The Hall–Kier alpha value is -3.82. The molecule has 3 aromatic rings. The molecule has 10 heteroatoms. The minimum absolute atomic E-state index is 0.0691. The molecular formula is C20H16F4N4O2. The number of ether oxygens (including phenoxy) is 2. The fourth-order valence-corrected chi connectivity index (χ4v) is 2.32. The summed E-state index contributed by atoms with van der Waals surface area (Å²) >= 11 is 0. The molecule has 2 aromatic carbocycles. The van der Waals surface area contributed by atoms with E-state index in [2.05, 4.69) is 20.0 Å². The molecule has 0 amide bonds. The van der Waals surface area contributed by atoms with Gasteiger partial charge in [-0.05, 0) is 42.0 Å². The van der Waals surface area contributed by atoms with E-state index in [-0.39, 0.29) is 18.3 Å². The van der Waals surface area contributed by atoms with E-state index in [0.29, 0.717) is 17.3 Å². The van der Waals surface area contributed by atoms with E-state index in [4.69, 9.17) is 10.5 Å². The number of anilines is 1. The maximum Gasteiger partial charge on any atom is 0.573 e. The van der Waals surface area contributed by atoms with Crippen LogP contribution in [0.15, 0.2) is 71.9 Å². The number of halogens is 4. The van der Waals surface area contributed by atoms with Crippen LogP contribution >= 0.6 is 0 Å². The molecule has 0 saturated heterocycles. The van der Waals surface area contributed by atoms with Crippen LogP contribution < -0.4 is 20.5 Å². The Bertz CT molecular complexity index is 1010. The van der Waals surface area contributed by atoms with Gasteiger partial charge >= 0.3 is 6.36 Å². The smallest absolute Gasteiger partial charge is 0.439 e. The number of nitrogens with one attached hydrogen (secondary N) is 1. The van der Waals surface area contributed by atoms with Crippen molar-refractivity contribution in [3.63, 3.8) is 0 Å². The molecule has 0 atom stereocenters. The molecular weight excluding hydrogens is 404 g/mol. The van der Waals surface area contributed by atoms with Crippen molar-refractivity contribution < 1.29 is 27.0 Å². The zero-order valence-electron chi connectivity index (χ0n) is 15.4. The normalized spacial score (nSPS) is 11.8. The summed E-state index contributed by atoms with van der Waals surface area (Å²) in [7, 11) is 0. The number of rotatable bonds is 6. The molecule has 0 aliphatic rings. The van der Waals surface area contributed by atoms with Gasteiger partial charge < -0.3 is 20.5 Å². The van der Waals surface area contributed by atoms with Gasteiger partial charge in [0.25, 0.3) is 0 Å². The molecule has 3 N–H and O–H groups in total. The summed E-state index contributed by atoms with van der Waals surface area (Å²) in [4.78, 5) is 8.26. The number of hydrogen-bond acceptors (Lipinski definition) is 4. The average molecular weight is 420 g/mol. The van der Waals surface area contributed by atoms with Crippen LogP contribution in [0.1, 0.15) is 5.56 Å². The standard InChI is InChI=1S/C20H16F4N4O2/c21-14-2-1-3-17(10-14)29-18-9-4-13(11-26-18)12-27-19(25)28-15-5-7-16(8-6-15)30-20(22,23)24/h1-11H,12H2,(H3,25,27,28). The van der Waals surface area contributed by atoms with Crippen molar-refractivity contribution in [1.29, 1.82) is 0 Å². The Kier molecular flexibility index (Phi) is 6.35. The van der Waals surface area contributed by atoms with Gasteiger partial charge in [-0.15, -0.1) is 13.2 Å². The molecule has 0 unspecified atom stereocenters. The van der Waals surface area contributed by atoms with Gasteiger partial charge in [0.05, 0.1) is 6.54 Å². The first-order valence-electron chi connectivity index (χ1n) is 8.58. The van der Waals surface area contributed by atoms with Gasteiger partial charge in [0.15, 0.2) is 5.96 Å². The monoisotopic (exact) mass is 420 g/mol. The summed E-state index contributed by atoms with van der Waals surface area (Å²) in [5, 5.41) is 2.76. The van der Waals surface area contributed by atoms with Crippen LogP contribution in [0.2, 0.25) is 0 Å². The number of aromatic nitrogens is 1. The summed E-state index contributed by atoms with van der Waals surface area (Å²) in [6, 6.07) is 14.1. The summed E-state index contributed by atoms with van der Waals surface area (Å²) < 4.78 is 58.9. The molecule has 1 heterocycles. The van der Waals surface area contributed by atoms with Gasteiger partial charge in [0, 0.05) is 24.0 Å². The lowest BCUT2D eigenvalue weighted by atomic mass is 10.3. The highest BCUT2D eigenvalue weighted by molar-refractivity contribution is 5.92. The predicted molar refractivity (Wildman–Crippen MR) is 103 cm³/mol. The number of nitrogens with two attached hydrogens (primary N) is 1. The lowest BCUT2D eigenvalue weighted by Gasteiger charge is -2.10. The molecule has 0 aliphatic heterocycles. The second-order valence-electron chi connectivity index (χ2n) is 5.96. The van der Waals surface area contributed by atoms with Crippen molar-refractivity contribution in [3.05, 3.63) is 78.2 Å². The van der Waals surface area contributed by atoms with Crippen molar-refractivity contribution >= 4 is 11.6 Å². The summed E-state index contributed by atoms with van der Waals surface area (Å²) in [5.41, 5.74) is 6.97. The topological polar surface area (TPSA) is 81.8 Å². The van der Waals surface area contributed by atoms with E-state index in [1.807, 2.05) is 0 Å². The van der Waals surface area contributed by atoms with Gasteiger partial charge in [-0.3, -0.25) is 0 Å². The Labute approximate surface area is 169 Å². The van der Waals surface area contributed by atoms with Gasteiger partial charge in [0.2, 0.25) is 5.88 Å². The minimum atomic E-state index is -4.75. The van der Waals surface area contributed by atoms with Crippen LogP contribution in [0.25, 0.3) is 0 Å². The molecule has 3 rings (SSSR count). The van der Waals surface area contributed by atoms with E-state index in [0.717, 1.165) is 17.7 Å². The highest BCUT2D eigenvalue weighted by Crippen LogP contribution is 2.24. The minimum Gasteiger partial charge on any atom is -0.439 e. The number of hydrogen-bond donors (Lipinski definition) is 2. The van der Waals surface area contributed by atoms with Crippen LogP contribution in [-0.2, 0) is 6.54 Å². The number of alkyl halides is 3. The molecule has 0 radical (unpaired) electrons. The summed E-state index contributed by atoms with van der Waals surface area (Å²) in [6.45, 7) is 0.210. The zero-order chi connectivity index (χ0) is 21.6. The van der Waals surface area contributed by atoms with Gasteiger partial charge in [-0.2, -0.15) is 0 Å². The van der Waals surface area contributed by atoms with Crippen molar-refractivity contribution in [2.75, 3.05) is 5.32 Å². The van der Waals surface area contributed by atoms with Crippen LogP contribution in [0.4, 0.5) is 23.2 Å². The summed E-state index contributed by atoms with van der Waals surface area (Å²) in [5.74, 6) is -0.0623. The number of nitrogens with zero attached hydrogens (tertiary/aromatic N) is 2. The average Bonchev–Trinajstić information content (AvgIpc) is 2.68. The molecule has 30 heavy (non-hydrogen) atoms. The molecule has 156 valence electrons. The highest BCUT2D eigenvalue weighted by atomic mass is 19.4. The van der Waals surface area contributed by atoms with Gasteiger partial charge in [-0.25, -0.2) is 14.4 Å². The molecule has 6 nitrogen and oxygen atoms in total. The molecule has 0 fully saturated rings. The zero-order valence-corrected chi connectivity index (χ0v) is 15.4. The Morgan fingerprint density at radius 1 is 1.03 bits per heavy atom. The number of pyridine rings is 1. The Morgan fingerprint density at radius 2 is 1.80 bits per heavy atom. The first-order valence-corrected chi connectivity index (χ1v) is 8.58. The summed E-state index contributed by atoms with van der Waals surface area (Å²) in [6.07, 6.45) is -3.21. The number of guanidine groups is 1. The third-order valence-corrected chi connectivity index (χ3v) is 3.61. The predicted octanol–water partition coefficient (Wildman–Crippen LogP) is 4.84. The Balaban J connectivity index is 1.53. The van der Waals surface area contributed by atoms with E-state index in [1.54, 1.807) is 18.2 Å². The second kappa shape index (κ2) is 9.12. The second-order valence-corrected chi connectivity index (χ2v) is 5.96. The molecule has 0 aliphatic carbocycles. The third kappa shape index (κ3) is 6.66. The Morgan fingerprint density at radius 3 is 2.43 bits per heavy atom. The number of aliphatic imine (C=N–C) groups is 1. The van der Waals surface area contributed by atoms with Crippen LogP contribution in [0.3, 0.4) is 0 Å². The quantitative estimate of drug-likeness (QED) is 0.339. The van der Waals surface area contributed by atoms with E-state index in [9.17, 15) is 17.6 Å². The molecule has 0 spiro atoms. The fourth-order valence-electron chi connectivity index (χ4n) is 2.32. The lowest BCUT2D eigenvalue weighted by molar-refractivity contribution is -0.274. The lowest BCUT2D eigenvalue weighted by Crippen LogP contribution is -2.22. The van der Waals surface area contributed by atoms with Crippen molar-refractivity contribution in [2.45, 2.75) is 12.9 Å². The van der Waals surface area contributed by atoms with Crippen molar-refractivity contribution in [3.8, 4) is 17.4 Å². The van der Waals surface area contributed by atoms with E-state index < -0.39 is 12.2 Å². The molecule has 1 aromatic heterocycles. The van der Waals surface area contributed by atoms with Gasteiger partial charge in [0.1, 0.15) is 17.3 Å². The van der Waals surface area contributed by atoms with E-state index in [1.165, 1.54) is 36.5 Å². The largest absolute Gasteiger partial charge is 0.573 e. The van der Waals surface area contributed by atoms with Crippen molar-refractivity contribution in [2.24, 2.45) is 10.7 Å². The highest BCUT2D eigenvalue weighted by Gasteiger charge is 2.30. The van der Waals surface area contributed by atoms with Crippen LogP contribution in [0.5, 0.6) is 17.4 Å².